The predicted molar refractivity (Wildman–Crippen MR) is 54.6 cm³/mol. The van der Waals surface area contributed by atoms with E-state index in [9.17, 15) is 9.59 Å². The third-order valence-corrected chi connectivity index (χ3v) is 1.81. The van der Waals surface area contributed by atoms with Crippen molar-refractivity contribution in [2.75, 3.05) is 6.54 Å². The van der Waals surface area contributed by atoms with E-state index < -0.39 is 6.03 Å². The Hall–Kier alpha value is -1.10. The molecule has 0 aromatic carbocycles. The van der Waals surface area contributed by atoms with Crippen molar-refractivity contribution in [1.82, 2.24) is 10.6 Å². The van der Waals surface area contributed by atoms with Gasteiger partial charge in [-0.15, -0.1) is 0 Å². The van der Waals surface area contributed by atoms with Gasteiger partial charge in [-0.3, -0.25) is 10.1 Å². The molecule has 1 unspecified atom stereocenters. The van der Waals surface area contributed by atoms with Gasteiger partial charge in [0, 0.05) is 0 Å². The lowest BCUT2D eigenvalue weighted by Crippen LogP contribution is -2.46. The fourth-order valence-corrected chi connectivity index (χ4v) is 0.911. The van der Waals surface area contributed by atoms with E-state index in [1.807, 2.05) is 5.32 Å². The van der Waals surface area contributed by atoms with Gasteiger partial charge in [0.15, 0.2) is 0 Å². The molecule has 3 amide bonds. The quantitative estimate of drug-likeness (QED) is 0.594. The molecule has 0 aromatic heterocycles. The molecule has 0 aliphatic rings. The smallest absolute Gasteiger partial charge is 0.318 e. The third kappa shape index (κ3) is 6.42. The Balaban J connectivity index is 3.67. The minimum Gasteiger partial charge on any atom is -0.351 e. The Morgan fingerprint density at radius 1 is 1.29 bits per heavy atom. The highest BCUT2D eigenvalue weighted by molar-refractivity contribution is 5.96. The Morgan fingerprint density at radius 2 is 1.86 bits per heavy atom. The first-order valence-corrected chi connectivity index (χ1v) is 4.77. The Morgan fingerprint density at radius 3 is 2.29 bits per heavy atom. The molecule has 0 saturated heterocycles. The molecule has 0 radical (unpaired) electrons. The first kappa shape index (κ1) is 12.9. The molecule has 0 saturated carbocycles. The highest BCUT2D eigenvalue weighted by atomic mass is 16.2. The minimum absolute atomic E-state index is 0.388. The fraction of sp³-hybridized carbons (Fsp3) is 0.778. The van der Waals surface area contributed by atoms with Crippen molar-refractivity contribution in [2.45, 2.75) is 33.2 Å². The average molecular weight is 201 g/mol. The van der Waals surface area contributed by atoms with Crippen molar-refractivity contribution in [3.8, 4) is 0 Å². The molecule has 14 heavy (non-hydrogen) atoms. The molecular weight excluding hydrogens is 182 g/mol. The second-order valence-electron chi connectivity index (χ2n) is 3.71. The van der Waals surface area contributed by atoms with Gasteiger partial charge in [-0.25, -0.2) is 4.79 Å². The lowest BCUT2D eigenvalue weighted by Gasteiger charge is -2.13. The van der Waals surface area contributed by atoms with E-state index in [1.54, 1.807) is 6.92 Å². The molecule has 0 spiro atoms. The van der Waals surface area contributed by atoms with Crippen LogP contribution in [0.5, 0.6) is 0 Å². The largest absolute Gasteiger partial charge is 0.351 e. The summed E-state index contributed by atoms with van der Waals surface area (Å²) in [6.07, 6.45) is 0.994. The molecule has 4 N–H and O–H groups in total. The van der Waals surface area contributed by atoms with Crippen molar-refractivity contribution in [1.29, 1.82) is 0 Å². The predicted octanol–water partition coefficient (Wildman–Crippen LogP) is 0.206. The van der Waals surface area contributed by atoms with Crippen LogP contribution < -0.4 is 16.4 Å². The second kappa shape index (κ2) is 6.37. The number of imide groups is 1. The van der Waals surface area contributed by atoms with Crippen LogP contribution in [0, 0.1) is 5.92 Å². The maximum Gasteiger partial charge on any atom is 0.318 e. The first-order chi connectivity index (χ1) is 6.43. The summed E-state index contributed by atoms with van der Waals surface area (Å²) in [6.45, 7) is 6.66. The van der Waals surface area contributed by atoms with Crippen molar-refractivity contribution in [2.24, 2.45) is 11.7 Å². The summed E-state index contributed by atoms with van der Waals surface area (Å²) in [7, 11) is 0. The van der Waals surface area contributed by atoms with Crippen molar-refractivity contribution in [3.63, 3.8) is 0 Å². The van der Waals surface area contributed by atoms with Gasteiger partial charge in [-0.1, -0.05) is 13.8 Å². The zero-order valence-corrected chi connectivity index (χ0v) is 8.96. The zero-order chi connectivity index (χ0) is 11.1. The van der Waals surface area contributed by atoms with Crippen LogP contribution in [0.3, 0.4) is 0 Å². The lowest BCUT2D eigenvalue weighted by atomic mass is 10.1. The number of hydrogen-bond acceptors (Lipinski definition) is 3. The van der Waals surface area contributed by atoms with E-state index in [-0.39, 0.29) is 11.9 Å². The summed E-state index contributed by atoms with van der Waals surface area (Å²) in [4.78, 5) is 21.5. The maximum absolute atomic E-state index is 11.2. The molecule has 0 aromatic rings. The SMILES string of the molecule is CC(C)CCNC(C)C(=O)NC(N)=O. The number of primary amides is 1. The van der Waals surface area contributed by atoms with Crippen LogP contribution in [0.1, 0.15) is 27.2 Å². The normalized spacial score (nSPS) is 12.6. The van der Waals surface area contributed by atoms with Gasteiger partial charge in [0.1, 0.15) is 0 Å². The molecule has 0 aliphatic carbocycles. The van der Waals surface area contributed by atoms with Crippen LogP contribution in [0.4, 0.5) is 4.79 Å². The molecular formula is C9H19N3O2. The summed E-state index contributed by atoms with van der Waals surface area (Å²) in [5.74, 6) is 0.204. The molecule has 0 fully saturated rings. The van der Waals surface area contributed by atoms with Gasteiger partial charge in [-0.05, 0) is 25.8 Å². The zero-order valence-electron chi connectivity index (χ0n) is 8.96. The Labute approximate surface area is 84.4 Å². The van der Waals surface area contributed by atoms with E-state index in [0.29, 0.717) is 5.92 Å². The van der Waals surface area contributed by atoms with Crippen molar-refractivity contribution < 1.29 is 9.59 Å². The second-order valence-corrected chi connectivity index (χ2v) is 3.71. The molecule has 5 nitrogen and oxygen atoms in total. The summed E-state index contributed by atoms with van der Waals surface area (Å²) in [5.41, 5.74) is 4.81. The Kier molecular flexibility index (Phi) is 5.87. The van der Waals surface area contributed by atoms with Crippen molar-refractivity contribution >= 4 is 11.9 Å². The highest BCUT2D eigenvalue weighted by Crippen LogP contribution is 1.96. The van der Waals surface area contributed by atoms with E-state index in [4.69, 9.17) is 5.73 Å². The lowest BCUT2D eigenvalue weighted by molar-refractivity contribution is -0.121. The third-order valence-electron chi connectivity index (χ3n) is 1.81. The van der Waals surface area contributed by atoms with Crippen molar-refractivity contribution in [3.05, 3.63) is 0 Å². The number of carbonyl (C=O) groups is 2. The molecule has 82 valence electrons. The summed E-state index contributed by atoms with van der Waals surface area (Å²) >= 11 is 0. The number of nitrogens with two attached hydrogens (primary N) is 1. The van der Waals surface area contributed by atoms with E-state index >= 15 is 0 Å². The number of hydrogen-bond donors (Lipinski definition) is 3. The molecule has 1 atom stereocenters. The van der Waals surface area contributed by atoms with Gasteiger partial charge in [0.25, 0.3) is 0 Å². The van der Waals surface area contributed by atoms with Crippen LogP contribution in [0.2, 0.25) is 0 Å². The van der Waals surface area contributed by atoms with Gasteiger partial charge in [0.05, 0.1) is 6.04 Å². The monoisotopic (exact) mass is 201 g/mol. The summed E-state index contributed by atoms with van der Waals surface area (Å²) < 4.78 is 0. The first-order valence-electron chi connectivity index (χ1n) is 4.77. The number of carbonyl (C=O) groups excluding carboxylic acids is 2. The summed E-state index contributed by atoms with van der Waals surface area (Å²) in [6, 6.07) is -1.20. The fourth-order valence-electron chi connectivity index (χ4n) is 0.911. The summed E-state index contributed by atoms with van der Waals surface area (Å²) in [5, 5.41) is 5.02. The van der Waals surface area contributed by atoms with Gasteiger partial charge in [-0.2, -0.15) is 0 Å². The standard InChI is InChI=1S/C9H19N3O2/c1-6(2)4-5-11-7(3)8(13)12-9(10)14/h6-7,11H,4-5H2,1-3H3,(H3,10,12,13,14). The number of rotatable bonds is 5. The average Bonchev–Trinajstić information content (AvgIpc) is 2.01. The molecule has 5 heteroatoms. The van der Waals surface area contributed by atoms with Gasteiger partial charge >= 0.3 is 6.03 Å². The van der Waals surface area contributed by atoms with Crippen LogP contribution in [0.15, 0.2) is 0 Å². The maximum atomic E-state index is 11.2. The Bertz CT molecular complexity index is 204. The number of nitrogens with one attached hydrogen (secondary N) is 2. The van der Waals surface area contributed by atoms with Gasteiger partial charge in [0.2, 0.25) is 5.91 Å². The topological polar surface area (TPSA) is 84.2 Å². The van der Waals surface area contributed by atoms with E-state index in [1.165, 1.54) is 0 Å². The van der Waals surface area contributed by atoms with E-state index in [2.05, 4.69) is 19.2 Å². The van der Waals surface area contributed by atoms with E-state index in [0.717, 1.165) is 13.0 Å². The molecule has 0 bridgehead atoms. The number of amides is 3. The molecule has 0 rings (SSSR count). The molecule has 0 heterocycles. The van der Waals surface area contributed by atoms with Crippen LogP contribution >= 0.6 is 0 Å². The van der Waals surface area contributed by atoms with Crippen LogP contribution in [-0.4, -0.2) is 24.5 Å². The highest BCUT2D eigenvalue weighted by Gasteiger charge is 2.12. The minimum atomic E-state index is -0.812. The van der Waals surface area contributed by atoms with Crippen LogP contribution in [-0.2, 0) is 4.79 Å². The van der Waals surface area contributed by atoms with Gasteiger partial charge < -0.3 is 11.1 Å². The number of urea groups is 1. The van der Waals surface area contributed by atoms with Crippen LogP contribution in [0.25, 0.3) is 0 Å². The molecule has 0 aliphatic heterocycles.